The number of hydroxylamine groups is 2. The van der Waals surface area contributed by atoms with E-state index in [-0.39, 0.29) is 18.7 Å². The summed E-state index contributed by atoms with van der Waals surface area (Å²) in [6.45, 7) is 8.68. The number of methoxy groups -OCH3 is 1. The van der Waals surface area contributed by atoms with Gasteiger partial charge in [-0.2, -0.15) is 5.06 Å². The summed E-state index contributed by atoms with van der Waals surface area (Å²) < 4.78 is 4.86. The van der Waals surface area contributed by atoms with Crippen LogP contribution in [0.1, 0.15) is 47.5 Å². The van der Waals surface area contributed by atoms with Crippen LogP contribution in [0.25, 0.3) is 0 Å². The molecule has 0 saturated carbocycles. The predicted molar refractivity (Wildman–Crippen MR) is 69.6 cm³/mol. The Hall–Kier alpha value is -1.14. The van der Waals surface area contributed by atoms with E-state index in [1.54, 1.807) is 0 Å². The molecule has 6 nitrogen and oxygen atoms in total. The average Bonchev–Trinajstić information content (AvgIpc) is 2.22. The molecule has 2 N–H and O–H groups in total. The van der Waals surface area contributed by atoms with Crippen molar-refractivity contribution in [2.24, 2.45) is 0 Å². The molecular weight excluding hydrogens is 248 g/mol. The van der Waals surface area contributed by atoms with E-state index in [2.05, 4.69) is 5.32 Å². The molecule has 0 unspecified atom stereocenters. The molecule has 0 atom stereocenters. The van der Waals surface area contributed by atoms with Crippen LogP contribution in [0.4, 0.5) is 0 Å². The first-order valence-electron chi connectivity index (χ1n) is 6.33. The lowest BCUT2D eigenvalue weighted by Crippen LogP contribution is -2.71. The highest BCUT2D eigenvalue weighted by Gasteiger charge is 2.56. The molecule has 0 aliphatic carbocycles. The molecule has 0 bridgehead atoms. The van der Waals surface area contributed by atoms with E-state index in [0.29, 0.717) is 0 Å². The minimum Gasteiger partial charge on any atom is -0.467 e. The van der Waals surface area contributed by atoms with Crippen LogP contribution < -0.4 is 5.32 Å². The molecule has 1 rings (SSSR count). The van der Waals surface area contributed by atoms with E-state index >= 15 is 0 Å². The predicted octanol–water partition coefficient (Wildman–Crippen LogP) is 1.08. The zero-order valence-corrected chi connectivity index (χ0v) is 12.5. The third-order valence-corrected chi connectivity index (χ3v) is 3.61. The standard InChI is InChI=1S/C13H24N2O4/c1-9(16)14-13(10(17)19-6)7-11(2,3)15(18)12(4,5)8-13/h18H,7-8H2,1-6H3,(H,14,16). The van der Waals surface area contributed by atoms with Crippen molar-refractivity contribution in [3.63, 3.8) is 0 Å². The van der Waals surface area contributed by atoms with Gasteiger partial charge < -0.3 is 15.3 Å². The quantitative estimate of drug-likeness (QED) is 0.735. The number of nitrogens with zero attached hydrogens (tertiary/aromatic N) is 1. The summed E-state index contributed by atoms with van der Waals surface area (Å²) in [6, 6.07) is 0. The summed E-state index contributed by atoms with van der Waals surface area (Å²) in [4.78, 5) is 23.6. The molecule has 0 aromatic heterocycles. The van der Waals surface area contributed by atoms with Crippen LogP contribution in [0.15, 0.2) is 0 Å². The van der Waals surface area contributed by atoms with E-state index in [1.165, 1.54) is 19.1 Å². The van der Waals surface area contributed by atoms with Gasteiger partial charge in [0.2, 0.25) is 5.91 Å². The number of carbonyl (C=O) groups is 2. The average molecular weight is 272 g/mol. The minimum absolute atomic E-state index is 0.284. The zero-order valence-electron chi connectivity index (χ0n) is 12.5. The van der Waals surface area contributed by atoms with E-state index in [4.69, 9.17) is 4.74 Å². The number of esters is 1. The van der Waals surface area contributed by atoms with Crippen molar-refractivity contribution < 1.29 is 19.5 Å². The lowest BCUT2D eigenvalue weighted by Gasteiger charge is -2.55. The molecule has 1 fully saturated rings. The number of nitrogens with one attached hydrogen (secondary N) is 1. The van der Waals surface area contributed by atoms with Crippen LogP contribution in [0.2, 0.25) is 0 Å². The summed E-state index contributed by atoms with van der Waals surface area (Å²) in [7, 11) is 1.30. The van der Waals surface area contributed by atoms with Gasteiger partial charge in [0.25, 0.3) is 0 Å². The van der Waals surface area contributed by atoms with Gasteiger partial charge in [0.05, 0.1) is 7.11 Å². The van der Waals surface area contributed by atoms with E-state index < -0.39 is 22.6 Å². The van der Waals surface area contributed by atoms with Crippen LogP contribution in [0.5, 0.6) is 0 Å². The van der Waals surface area contributed by atoms with Crippen molar-refractivity contribution in [2.75, 3.05) is 7.11 Å². The maximum Gasteiger partial charge on any atom is 0.331 e. The van der Waals surface area contributed by atoms with Crippen molar-refractivity contribution in [1.29, 1.82) is 0 Å². The highest BCUT2D eigenvalue weighted by molar-refractivity contribution is 5.87. The first-order chi connectivity index (χ1) is 8.47. The molecule has 1 saturated heterocycles. The summed E-state index contributed by atoms with van der Waals surface area (Å²) in [5.41, 5.74) is -2.41. The Labute approximate surface area is 114 Å². The van der Waals surface area contributed by atoms with Gasteiger partial charge in [0, 0.05) is 30.8 Å². The van der Waals surface area contributed by atoms with Crippen molar-refractivity contribution >= 4 is 11.9 Å². The second kappa shape index (κ2) is 4.76. The fourth-order valence-electron chi connectivity index (χ4n) is 3.32. The molecule has 0 aromatic rings. The topological polar surface area (TPSA) is 78.9 Å². The second-order valence-corrected chi connectivity index (χ2v) is 6.55. The third kappa shape index (κ3) is 2.90. The molecule has 1 amide bonds. The van der Waals surface area contributed by atoms with E-state index in [9.17, 15) is 14.8 Å². The smallest absolute Gasteiger partial charge is 0.331 e. The number of hydrogen-bond donors (Lipinski definition) is 2. The number of piperidine rings is 1. The van der Waals surface area contributed by atoms with Crippen LogP contribution >= 0.6 is 0 Å². The normalized spacial score (nSPS) is 24.6. The molecule has 1 aliphatic heterocycles. The lowest BCUT2D eigenvalue weighted by molar-refractivity contribution is -0.256. The van der Waals surface area contributed by atoms with Gasteiger partial charge in [0.1, 0.15) is 5.54 Å². The van der Waals surface area contributed by atoms with Crippen molar-refractivity contribution in [2.45, 2.75) is 64.1 Å². The molecular formula is C13H24N2O4. The number of ether oxygens (including phenoxy) is 1. The maximum atomic E-state index is 12.2. The van der Waals surface area contributed by atoms with Crippen LogP contribution in [0, 0.1) is 0 Å². The lowest BCUT2D eigenvalue weighted by atomic mass is 9.70. The highest BCUT2D eigenvalue weighted by atomic mass is 16.5. The minimum atomic E-state index is -1.10. The molecule has 19 heavy (non-hydrogen) atoms. The van der Waals surface area contributed by atoms with Gasteiger partial charge in [-0.3, -0.25) is 4.79 Å². The summed E-state index contributed by atoms with van der Waals surface area (Å²) >= 11 is 0. The van der Waals surface area contributed by atoms with Crippen LogP contribution in [0.3, 0.4) is 0 Å². The fraction of sp³-hybridized carbons (Fsp3) is 0.846. The van der Waals surface area contributed by atoms with Crippen molar-refractivity contribution in [3.8, 4) is 0 Å². The fourth-order valence-corrected chi connectivity index (χ4v) is 3.32. The molecule has 0 spiro atoms. The second-order valence-electron chi connectivity index (χ2n) is 6.55. The number of amides is 1. The molecule has 110 valence electrons. The Kier molecular flexibility index (Phi) is 3.98. The number of rotatable bonds is 2. The molecule has 1 heterocycles. The Morgan fingerprint density at radius 3 is 1.89 bits per heavy atom. The van der Waals surface area contributed by atoms with Crippen molar-refractivity contribution in [3.05, 3.63) is 0 Å². The Bertz CT molecular complexity index is 372. The Balaban J connectivity index is 3.25. The monoisotopic (exact) mass is 272 g/mol. The zero-order chi connectivity index (χ0) is 15.1. The summed E-state index contributed by atoms with van der Waals surface area (Å²) in [6.07, 6.45) is 0.568. The maximum absolute atomic E-state index is 12.2. The SMILES string of the molecule is COC(=O)C1(NC(C)=O)CC(C)(C)N(O)C(C)(C)C1. The van der Waals surface area contributed by atoms with Gasteiger partial charge in [-0.1, -0.05) is 0 Å². The largest absolute Gasteiger partial charge is 0.467 e. The Morgan fingerprint density at radius 1 is 1.16 bits per heavy atom. The molecule has 0 radical (unpaired) electrons. The third-order valence-electron chi connectivity index (χ3n) is 3.61. The van der Waals surface area contributed by atoms with Gasteiger partial charge in [0.15, 0.2) is 0 Å². The molecule has 6 heteroatoms. The van der Waals surface area contributed by atoms with Gasteiger partial charge in [-0.25, -0.2) is 4.79 Å². The van der Waals surface area contributed by atoms with Gasteiger partial charge >= 0.3 is 5.97 Å². The van der Waals surface area contributed by atoms with Crippen LogP contribution in [-0.4, -0.2) is 45.9 Å². The number of carbonyl (C=O) groups excluding carboxylic acids is 2. The van der Waals surface area contributed by atoms with E-state index in [0.717, 1.165) is 0 Å². The highest BCUT2D eigenvalue weighted by Crippen LogP contribution is 2.42. The number of hydrogen-bond acceptors (Lipinski definition) is 5. The van der Waals surface area contributed by atoms with Crippen molar-refractivity contribution in [1.82, 2.24) is 10.4 Å². The summed E-state index contributed by atoms with van der Waals surface area (Å²) in [5.74, 6) is -0.764. The van der Waals surface area contributed by atoms with Gasteiger partial charge in [-0.05, 0) is 27.7 Å². The summed E-state index contributed by atoms with van der Waals surface area (Å²) in [5, 5.41) is 14.2. The van der Waals surface area contributed by atoms with Gasteiger partial charge in [-0.15, -0.1) is 0 Å². The molecule has 0 aromatic carbocycles. The molecule has 1 aliphatic rings. The first kappa shape index (κ1) is 15.9. The Morgan fingerprint density at radius 2 is 1.58 bits per heavy atom. The van der Waals surface area contributed by atoms with Crippen LogP contribution in [-0.2, 0) is 14.3 Å². The first-order valence-corrected chi connectivity index (χ1v) is 6.33. The van der Waals surface area contributed by atoms with E-state index in [1.807, 2.05) is 27.7 Å².